The van der Waals surface area contributed by atoms with Crippen LogP contribution in [0.5, 0.6) is 0 Å². The quantitative estimate of drug-likeness (QED) is 0.742. The molecule has 0 aromatic heterocycles. The summed E-state index contributed by atoms with van der Waals surface area (Å²) in [4.78, 5) is 0. The van der Waals surface area contributed by atoms with Crippen LogP contribution in [0, 0.1) is 17.3 Å². The van der Waals surface area contributed by atoms with Crippen LogP contribution in [-0.2, 0) is 0 Å². The predicted octanol–water partition coefficient (Wildman–Crippen LogP) is 5.20. The lowest BCUT2D eigenvalue weighted by Gasteiger charge is -2.38. The lowest BCUT2D eigenvalue weighted by molar-refractivity contribution is 0.438. The summed E-state index contributed by atoms with van der Waals surface area (Å²) in [5.74, 6) is 1.30. The van der Waals surface area contributed by atoms with Gasteiger partial charge >= 0.3 is 0 Å². The van der Waals surface area contributed by atoms with E-state index in [1.807, 2.05) is 0 Å². The average molecular weight is 261 g/mol. The van der Waals surface area contributed by atoms with Gasteiger partial charge in [-0.05, 0) is 55.7 Å². The van der Waals surface area contributed by atoms with Crippen molar-refractivity contribution < 1.29 is 0 Å². The molecule has 1 aliphatic rings. The fourth-order valence-corrected chi connectivity index (χ4v) is 3.10. The molecular formula is C18H31N. The molecule has 0 fully saturated rings. The van der Waals surface area contributed by atoms with Gasteiger partial charge in [0.1, 0.15) is 0 Å². The summed E-state index contributed by atoms with van der Waals surface area (Å²) in [7, 11) is 0. The van der Waals surface area contributed by atoms with Gasteiger partial charge in [-0.2, -0.15) is 0 Å². The summed E-state index contributed by atoms with van der Waals surface area (Å²) in [5.41, 5.74) is 12.7. The first kappa shape index (κ1) is 16.1. The number of allylic oxidation sites excluding steroid dienone is 5. The molecule has 108 valence electrons. The lowest BCUT2D eigenvalue weighted by Crippen LogP contribution is -2.27. The average Bonchev–Trinajstić information content (AvgIpc) is 2.34. The van der Waals surface area contributed by atoms with Crippen molar-refractivity contribution in [2.75, 3.05) is 0 Å². The van der Waals surface area contributed by atoms with Crippen LogP contribution in [0.25, 0.3) is 0 Å². The molecule has 1 aliphatic carbocycles. The first-order chi connectivity index (χ1) is 8.64. The summed E-state index contributed by atoms with van der Waals surface area (Å²) in [5, 5.41) is 0. The van der Waals surface area contributed by atoms with E-state index in [1.165, 1.54) is 28.7 Å². The monoisotopic (exact) mass is 261 g/mol. The van der Waals surface area contributed by atoms with E-state index >= 15 is 0 Å². The summed E-state index contributed by atoms with van der Waals surface area (Å²) in [6.45, 7) is 18.1. The molecule has 0 amide bonds. The van der Waals surface area contributed by atoms with Crippen LogP contribution in [0.15, 0.2) is 34.1 Å². The standard InChI is InChI=1S/C18H31N/c1-9-15(11(2)3)10-16-13(5)17(19)12(4)14(6)18(16,7)8/h10-11,15H,9,19H2,1-8H3. The van der Waals surface area contributed by atoms with E-state index in [9.17, 15) is 0 Å². The maximum Gasteiger partial charge on any atom is 0.0376 e. The fraction of sp³-hybridized carbons (Fsp3) is 0.667. The van der Waals surface area contributed by atoms with Crippen molar-refractivity contribution in [3.63, 3.8) is 0 Å². The second kappa shape index (κ2) is 5.56. The maximum atomic E-state index is 6.30. The topological polar surface area (TPSA) is 26.0 Å². The molecule has 0 saturated carbocycles. The molecule has 0 aromatic rings. The molecule has 1 rings (SSSR count). The molecule has 1 heteroatoms. The second-order valence-electron chi connectivity index (χ2n) is 6.81. The molecule has 0 heterocycles. The Hall–Kier alpha value is -0.980. The number of hydrogen-bond acceptors (Lipinski definition) is 1. The van der Waals surface area contributed by atoms with Gasteiger partial charge in [0.2, 0.25) is 0 Å². The Labute approximate surface area is 119 Å². The molecule has 0 aliphatic heterocycles. The van der Waals surface area contributed by atoms with E-state index in [-0.39, 0.29) is 5.41 Å². The van der Waals surface area contributed by atoms with Crippen molar-refractivity contribution in [1.82, 2.24) is 0 Å². The third kappa shape index (κ3) is 2.80. The summed E-state index contributed by atoms with van der Waals surface area (Å²) < 4.78 is 0. The highest BCUT2D eigenvalue weighted by atomic mass is 14.6. The Morgan fingerprint density at radius 1 is 1.11 bits per heavy atom. The summed E-state index contributed by atoms with van der Waals surface area (Å²) in [6.07, 6.45) is 3.66. The third-order valence-corrected chi connectivity index (χ3v) is 5.09. The van der Waals surface area contributed by atoms with E-state index in [0.717, 1.165) is 5.70 Å². The van der Waals surface area contributed by atoms with E-state index in [0.29, 0.717) is 11.8 Å². The van der Waals surface area contributed by atoms with Crippen molar-refractivity contribution in [2.24, 2.45) is 23.0 Å². The largest absolute Gasteiger partial charge is 0.398 e. The zero-order valence-electron chi connectivity index (χ0n) is 14.0. The van der Waals surface area contributed by atoms with Crippen molar-refractivity contribution >= 4 is 0 Å². The third-order valence-electron chi connectivity index (χ3n) is 5.09. The van der Waals surface area contributed by atoms with Crippen LogP contribution in [0.3, 0.4) is 0 Å². The number of rotatable bonds is 3. The fourth-order valence-electron chi connectivity index (χ4n) is 3.10. The molecule has 0 spiro atoms. The van der Waals surface area contributed by atoms with E-state index in [1.54, 1.807) is 0 Å². The second-order valence-corrected chi connectivity index (χ2v) is 6.81. The molecule has 19 heavy (non-hydrogen) atoms. The highest BCUT2D eigenvalue weighted by Crippen LogP contribution is 2.46. The van der Waals surface area contributed by atoms with E-state index in [4.69, 9.17) is 5.73 Å². The Bertz CT molecular complexity index is 444. The van der Waals surface area contributed by atoms with Crippen molar-refractivity contribution in [3.05, 3.63) is 34.1 Å². The molecule has 0 aromatic carbocycles. The van der Waals surface area contributed by atoms with Gasteiger partial charge in [-0.3, -0.25) is 0 Å². The molecule has 1 atom stereocenters. The molecule has 0 bridgehead atoms. The summed E-state index contributed by atoms with van der Waals surface area (Å²) in [6, 6.07) is 0. The maximum absolute atomic E-state index is 6.30. The highest BCUT2D eigenvalue weighted by Gasteiger charge is 2.33. The molecule has 0 saturated heterocycles. The van der Waals surface area contributed by atoms with Crippen LogP contribution >= 0.6 is 0 Å². The van der Waals surface area contributed by atoms with Gasteiger partial charge in [-0.25, -0.2) is 0 Å². The van der Waals surface area contributed by atoms with Gasteiger partial charge in [-0.1, -0.05) is 46.3 Å². The minimum absolute atomic E-state index is 0.0966. The molecular weight excluding hydrogens is 230 g/mol. The minimum atomic E-state index is 0.0966. The Morgan fingerprint density at radius 2 is 1.63 bits per heavy atom. The zero-order valence-corrected chi connectivity index (χ0v) is 14.0. The van der Waals surface area contributed by atoms with Gasteiger partial charge in [0.25, 0.3) is 0 Å². The molecule has 0 radical (unpaired) electrons. The van der Waals surface area contributed by atoms with Crippen LogP contribution in [0.2, 0.25) is 0 Å². The van der Waals surface area contributed by atoms with Gasteiger partial charge < -0.3 is 5.73 Å². The smallest absolute Gasteiger partial charge is 0.0376 e. The number of hydrogen-bond donors (Lipinski definition) is 1. The van der Waals surface area contributed by atoms with Gasteiger partial charge in [0.05, 0.1) is 0 Å². The Kier molecular flexibility index (Phi) is 4.71. The van der Waals surface area contributed by atoms with Crippen LogP contribution in [0.1, 0.15) is 61.8 Å². The van der Waals surface area contributed by atoms with Gasteiger partial charge in [0, 0.05) is 11.1 Å². The summed E-state index contributed by atoms with van der Waals surface area (Å²) >= 11 is 0. The number of nitrogens with two attached hydrogens (primary N) is 1. The van der Waals surface area contributed by atoms with Gasteiger partial charge in [0.15, 0.2) is 0 Å². The van der Waals surface area contributed by atoms with Crippen LogP contribution < -0.4 is 5.73 Å². The van der Waals surface area contributed by atoms with Crippen LogP contribution in [-0.4, -0.2) is 0 Å². The predicted molar refractivity (Wildman–Crippen MR) is 85.7 cm³/mol. The Morgan fingerprint density at radius 3 is 2.05 bits per heavy atom. The first-order valence-electron chi connectivity index (χ1n) is 7.51. The lowest BCUT2D eigenvalue weighted by atomic mass is 9.67. The minimum Gasteiger partial charge on any atom is -0.398 e. The van der Waals surface area contributed by atoms with E-state index in [2.05, 4.69) is 61.5 Å². The zero-order chi connectivity index (χ0) is 15.0. The van der Waals surface area contributed by atoms with Gasteiger partial charge in [-0.15, -0.1) is 0 Å². The first-order valence-corrected chi connectivity index (χ1v) is 7.51. The molecule has 1 unspecified atom stereocenters. The Balaban J connectivity index is 3.39. The SMILES string of the molecule is CCC(C=C1C(C)=C(N)C(C)=C(C)C1(C)C)C(C)C. The molecule has 1 nitrogen and oxygen atoms in total. The van der Waals surface area contributed by atoms with Crippen molar-refractivity contribution in [3.8, 4) is 0 Å². The van der Waals surface area contributed by atoms with Crippen molar-refractivity contribution in [1.29, 1.82) is 0 Å². The van der Waals surface area contributed by atoms with Crippen LogP contribution in [0.4, 0.5) is 0 Å². The van der Waals surface area contributed by atoms with E-state index < -0.39 is 0 Å². The normalized spacial score (nSPS) is 23.5. The molecule has 2 N–H and O–H groups in total. The van der Waals surface area contributed by atoms with Crippen molar-refractivity contribution in [2.45, 2.75) is 61.8 Å². The highest BCUT2D eigenvalue weighted by molar-refractivity contribution is 5.54.